The highest BCUT2D eigenvalue weighted by atomic mass is 32.2. The highest BCUT2D eigenvalue weighted by Crippen LogP contribution is 2.21. The lowest BCUT2D eigenvalue weighted by molar-refractivity contribution is 0.181. The van der Waals surface area contributed by atoms with Crippen molar-refractivity contribution in [3.8, 4) is 0 Å². The summed E-state index contributed by atoms with van der Waals surface area (Å²) in [4.78, 5) is 5.09. The van der Waals surface area contributed by atoms with E-state index in [0.717, 1.165) is 4.90 Å². The molecule has 0 radical (unpaired) electrons. The highest BCUT2D eigenvalue weighted by molar-refractivity contribution is 7.98. The van der Waals surface area contributed by atoms with Crippen molar-refractivity contribution in [1.29, 1.82) is 0 Å². The number of thioether (sulfide) groups is 1. The van der Waals surface area contributed by atoms with Crippen molar-refractivity contribution in [3.63, 3.8) is 0 Å². The Kier molecular flexibility index (Phi) is 4.33. The number of aliphatic hydroxyl groups is 1. The zero-order chi connectivity index (χ0) is 13.0. The Morgan fingerprint density at radius 3 is 2.78 bits per heavy atom. The van der Waals surface area contributed by atoms with E-state index < -0.39 is 6.10 Å². The number of rotatable bonds is 5. The number of halogens is 1. The van der Waals surface area contributed by atoms with E-state index >= 15 is 0 Å². The molecule has 0 fully saturated rings. The van der Waals surface area contributed by atoms with E-state index in [1.807, 2.05) is 0 Å². The van der Waals surface area contributed by atoms with Gasteiger partial charge in [-0.15, -0.1) is 11.8 Å². The third-order valence-electron chi connectivity index (χ3n) is 2.16. The topological polar surface area (TPSA) is 59.2 Å². The van der Waals surface area contributed by atoms with E-state index in [1.54, 1.807) is 19.1 Å². The summed E-state index contributed by atoms with van der Waals surface area (Å²) in [5.41, 5.74) is 0. The van der Waals surface area contributed by atoms with Gasteiger partial charge in [0.25, 0.3) is 0 Å². The quantitative estimate of drug-likeness (QED) is 0.844. The van der Waals surface area contributed by atoms with Crippen molar-refractivity contribution >= 4 is 11.8 Å². The van der Waals surface area contributed by atoms with Gasteiger partial charge in [0.2, 0.25) is 5.89 Å². The number of aliphatic hydroxyl groups excluding tert-OH is 1. The molecule has 1 unspecified atom stereocenters. The number of nitrogens with zero attached hydrogens (tertiary/aromatic N) is 2. The summed E-state index contributed by atoms with van der Waals surface area (Å²) < 4.78 is 17.7. The normalized spacial score (nSPS) is 12.6. The van der Waals surface area contributed by atoms with E-state index in [1.165, 1.54) is 23.9 Å². The molecule has 0 saturated heterocycles. The van der Waals surface area contributed by atoms with Gasteiger partial charge in [0, 0.05) is 4.90 Å². The molecule has 1 aromatic heterocycles. The maximum Gasteiger partial charge on any atom is 0.229 e. The van der Waals surface area contributed by atoms with Crippen LogP contribution in [0.5, 0.6) is 0 Å². The zero-order valence-electron chi connectivity index (χ0n) is 9.84. The molecule has 18 heavy (non-hydrogen) atoms. The van der Waals surface area contributed by atoms with E-state index in [9.17, 15) is 9.50 Å². The van der Waals surface area contributed by atoms with Gasteiger partial charge in [-0.2, -0.15) is 4.98 Å². The van der Waals surface area contributed by atoms with Gasteiger partial charge in [0.15, 0.2) is 5.82 Å². The minimum absolute atomic E-state index is 0.252. The Morgan fingerprint density at radius 2 is 2.11 bits per heavy atom. The first-order valence-electron chi connectivity index (χ1n) is 5.51. The molecule has 0 spiro atoms. The summed E-state index contributed by atoms with van der Waals surface area (Å²) in [5.74, 6) is 1.30. The van der Waals surface area contributed by atoms with Crippen molar-refractivity contribution in [2.24, 2.45) is 0 Å². The Balaban J connectivity index is 1.90. The Bertz CT molecular complexity index is 499. The summed E-state index contributed by atoms with van der Waals surface area (Å²) in [6.45, 7) is 1.66. The maximum atomic E-state index is 12.7. The van der Waals surface area contributed by atoms with Crippen LogP contribution in [0, 0.1) is 5.82 Å². The van der Waals surface area contributed by atoms with Crippen LogP contribution in [0.4, 0.5) is 4.39 Å². The molecule has 1 aromatic carbocycles. The molecule has 6 heteroatoms. The molecule has 1 heterocycles. The molecule has 2 aromatic rings. The van der Waals surface area contributed by atoms with Crippen molar-refractivity contribution in [2.45, 2.75) is 30.1 Å². The zero-order valence-corrected chi connectivity index (χ0v) is 10.7. The maximum absolute atomic E-state index is 12.7. The molecule has 0 saturated carbocycles. The van der Waals surface area contributed by atoms with Crippen LogP contribution in [0.25, 0.3) is 0 Å². The van der Waals surface area contributed by atoms with Crippen molar-refractivity contribution in [1.82, 2.24) is 10.1 Å². The van der Waals surface area contributed by atoms with Crippen LogP contribution in [0.1, 0.15) is 18.6 Å². The number of aromatic nitrogens is 2. The van der Waals surface area contributed by atoms with Crippen molar-refractivity contribution < 1.29 is 14.0 Å². The molecule has 96 valence electrons. The van der Waals surface area contributed by atoms with Gasteiger partial charge in [-0.25, -0.2) is 4.39 Å². The largest absolute Gasteiger partial charge is 0.393 e. The Morgan fingerprint density at radius 1 is 1.39 bits per heavy atom. The third-order valence-corrected chi connectivity index (χ3v) is 3.17. The van der Waals surface area contributed by atoms with Gasteiger partial charge in [-0.3, -0.25) is 0 Å². The second-order valence-corrected chi connectivity index (χ2v) is 4.95. The van der Waals surface area contributed by atoms with Gasteiger partial charge in [-0.05, 0) is 31.2 Å². The van der Waals surface area contributed by atoms with Gasteiger partial charge in [0.1, 0.15) is 5.82 Å². The van der Waals surface area contributed by atoms with E-state index in [4.69, 9.17) is 4.52 Å². The second-order valence-electron chi connectivity index (χ2n) is 3.90. The van der Waals surface area contributed by atoms with Crippen LogP contribution >= 0.6 is 11.8 Å². The van der Waals surface area contributed by atoms with Crippen LogP contribution in [-0.4, -0.2) is 21.4 Å². The summed E-state index contributed by atoms with van der Waals surface area (Å²) in [7, 11) is 0. The van der Waals surface area contributed by atoms with Crippen LogP contribution in [0.3, 0.4) is 0 Å². The lowest BCUT2D eigenvalue weighted by atomic mass is 10.3. The summed E-state index contributed by atoms with van der Waals surface area (Å²) in [6, 6.07) is 6.24. The third kappa shape index (κ3) is 3.82. The van der Waals surface area contributed by atoms with Crippen LogP contribution in [0.15, 0.2) is 33.7 Å². The van der Waals surface area contributed by atoms with Crippen LogP contribution < -0.4 is 0 Å². The molecule has 1 N–H and O–H groups in total. The standard InChI is InChI=1S/C12H13FN2O2S/c1-8(16)6-12-14-11(15-17-12)7-18-10-4-2-9(13)3-5-10/h2-5,8,16H,6-7H2,1H3. The van der Waals surface area contributed by atoms with Gasteiger partial charge in [-0.1, -0.05) is 5.16 Å². The predicted octanol–water partition coefficient (Wildman–Crippen LogP) is 2.42. The molecule has 1 atom stereocenters. The average molecular weight is 268 g/mol. The van der Waals surface area contributed by atoms with E-state index in [2.05, 4.69) is 10.1 Å². The molecule has 0 aliphatic rings. The van der Waals surface area contributed by atoms with Crippen molar-refractivity contribution in [3.05, 3.63) is 41.8 Å². The number of hydrogen-bond donors (Lipinski definition) is 1. The highest BCUT2D eigenvalue weighted by Gasteiger charge is 2.09. The fraction of sp³-hybridized carbons (Fsp3) is 0.333. The molecule has 0 aliphatic heterocycles. The number of hydrogen-bond acceptors (Lipinski definition) is 5. The molecular weight excluding hydrogens is 255 g/mol. The fourth-order valence-corrected chi connectivity index (χ4v) is 2.10. The van der Waals surface area contributed by atoms with E-state index in [0.29, 0.717) is 23.9 Å². The minimum Gasteiger partial charge on any atom is -0.393 e. The molecular formula is C12H13FN2O2S. The van der Waals surface area contributed by atoms with Crippen LogP contribution in [-0.2, 0) is 12.2 Å². The first-order chi connectivity index (χ1) is 8.63. The fourth-order valence-electron chi connectivity index (χ4n) is 1.36. The lowest BCUT2D eigenvalue weighted by Crippen LogP contribution is -2.04. The Hall–Kier alpha value is -1.40. The van der Waals surface area contributed by atoms with Gasteiger partial charge < -0.3 is 9.63 Å². The predicted molar refractivity (Wildman–Crippen MR) is 65.6 cm³/mol. The Labute approximate surface area is 108 Å². The van der Waals surface area contributed by atoms with E-state index in [-0.39, 0.29) is 5.82 Å². The van der Waals surface area contributed by atoms with Gasteiger partial charge >= 0.3 is 0 Å². The molecule has 0 bridgehead atoms. The summed E-state index contributed by atoms with van der Waals surface area (Å²) in [5, 5.41) is 13.0. The SMILES string of the molecule is CC(O)Cc1nc(CSc2ccc(F)cc2)no1. The van der Waals surface area contributed by atoms with Crippen LogP contribution in [0.2, 0.25) is 0 Å². The smallest absolute Gasteiger partial charge is 0.229 e. The number of benzene rings is 1. The van der Waals surface area contributed by atoms with Crippen molar-refractivity contribution in [2.75, 3.05) is 0 Å². The first kappa shape index (κ1) is 13.0. The molecule has 4 nitrogen and oxygen atoms in total. The molecule has 2 rings (SSSR count). The minimum atomic E-state index is -0.497. The monoisotopic (exact) mass is 268 g/mol. The average Bonchev–Trinajstić information content (AvgIpc) is 2.75. The second kappa shape index (κ2) is 5.97. The lowest BCUT2D eigenvalue weighted by Gasteiger charge is -1.97. The van der Waals surface area contributed by atoms with Gasteiger partial charge in [0.05, 0.1) is 18.3 Å². The summed E-state index contributed by atoms with van der Waals surface area (Å²) in [6.07, 6.45) is -0.142. The summed E-state index contributed by atoms with van der Waals surface area (Å²) >= 11 is 1.50. The molecule has 0 aliphatic carbocycles. The molecule has 0 amide bonds. The first-order valence-corrected chi connectivity index (χ1v) is 6.50.